The molecule has 55 heavy (non-hydrogen) atoms. The summed E-state index contributed by atoms with van der Waals surface area (Å²) in [5.41, 5.74) is 7.62. The van der Waals surface area contributed by atoms with Crippen LogP contribution in [0.25, 0.3) is 33.7 Å². The molecule has 0 saturated carbocycles. The SMILES string of the molecule is C/C(=N/O)c1ccc(Nc2cncc(-n3c(C)nc4ccccc43)n2)cc1.CC(=O)c1ccc(Nc2cncc(-n3c(C)nc4ccccc43)n2)cc1.NO. The summed E-state index contributed by atoms with van der Waals surface area (Å²) in [5, 5.41) is 25.0. The zero-order chi connectivity index (χ0) is 38.9. The van der Waals surface area contributed by atoms with Crippen molar-refractivity contribution in [3.63, 3.8) is 0 Å². The van der Waals surface area contributed by atoms with Gasteiger partial charge in [-0.25, -0.2) is 25.8 Å². The molecule has 8 rings (SSSR count). The summed E-state index contributed by atoms with van der Waals surface area (Å²) in [6.45, 7) is 7.19. The number of hydrogen-bond donors (Lipinski definition) is 5. The second-order valence-electron chi connectivity index (χ2n) is 12.1. The van der Waals surface area contributed by atoms with Crippen molar-refractivity contribution in [3.05, 3.63) is 145 Å². The zero-order valence-corrected chi connectivity index (χ0v) is 30.5. The number of hydrogen-bond acceptors (Lipinski definition) is 13. The van der Waals surface area contributed by atoms with Crippen molar-refractivity contribution in [1.82, 2.24) is 39.0 Å². The summed E-state index contributed by atoms with van der Waals surface area (Å²) in [5.74, 6) is 7.89. The maximum Gasteiger partial charge on any atom is 0.159 e. The monoisotopic (exact) mass is 734 g/mol. The standard InChI is InChI=1S/C20H18N6O.C20H17N5O.H3NO/c1-13(25-27)15-7-9-16(10-8-15)23-19-11-21-12-20(24-19)26-14(2)22-17-5-3-4-6-18(17)26;1-13(26)15-7-9-16(10-8-15)23-19-11-21-12-20(24-19)25-14(2)22-17-5-3-4-6-18(17)25;1-2/h3-12,27H,1-2H3,(H,23,24);3-12H,1-2H3,(H,23,24);2H,1H2/b25-13-;;. The Kier molecular flexibility index (Phi) is 11.5. The van der Waals surface area contributed by atoms with Gasteiger partial charge in [0, 0.05) is 16.9 Å². The first-order valence-electron chi connectivity index (χ1n) is 17.0. The third-order valence-electron chi connectivity index (χ3n) is 8.45. The molecule has 6 N–H and O–H groups in total. The van der Waals surface area contributed by atoms with Gasteiger partial charge in [-0.3, -0.25) is 23.9 Å². The highest BCUT2D eigenvalue weighted by Crippen LogP contribution is 2.23. The first-order chi connectivity index (χ1) is 26.8. The number of Topliss-reactive ketones (excluding diaryl/α,β-unsaturated/α-hetero) is 1. The summed E-state index contributed by atoms with van der Waals surface area (Å²) in [7, 11) is 0. The van der Waals surface area contributed by atoms with E-state index in [9.17, 15) is 4.79 Å². The molecule has 15 heteroatoms. The molecule has 0 radical (unpaired) electrons. The minimum absolute atomic E-state index is 0.0424. The van der Waals surface area contributed by atoms with E-state index in [1.165, 1.54) is 0 Å². The lowest BCUT2D eigenvalue weighted by atomic mass is 10.1. The summed E-state index contributed by atoms with van der Waals surface area (Å²) in [4.78, 5) is 38.5. The predicted molar refractivity (Wildman–Crippen MR) is 212 cm³/mol. The van der Waals surface area contributed by atoms with E-state index in [0.717, 1.165) is 50.7 Å². The molecule has 4 heterocycles. The fraction of sp³-hybridized carbons (Fsp3) is 0.100. The third-order valence-corrected chi connectivity index (χ3v) is 8.45. The topological polar surface area (TPSA) is 207 Å². The Hall–Kier alpha value is -7.36. The fourth-order valence-electron chi connectivity index (χ4n) is 5.86. The van der Waals surface area contributed by atoms with Gasteiger partial charge in [-0.2, -0.15) is 0 Å². The average Bonchev–Trinajstić information content (AvgIpc) is 3.74. The lowest BCUT2D eigenvalue weighted by Crippen LogP contribution is -2.03. The molecule has 0 aliphatic heterocycles. The van der Waals surface area contributed by atoms with E-state index in [2.05, 4.69) is 51.6 Å². The minimum Gasteiger partial charge on any atom is -0.411 e. The van der Waals surface area contributed by atoms with Gasteiger partial charge in [0.2, 0.25) is 0 Å². The predicted octanol–water partition coefficient (Wildman–Crippen LogP) is 7.47. The van der Waals surface area contributed by atoms with Gasteiger partial charge in [-0.05, 0) is 93.9 Å². The van der Waals surface area contributed by atoms with Crippen LogP contribution in [0.1, 0.15) is 41.4 Å². The highest BCUT2D eigenvalue weighted by atomic mass is 16.4. The number of nitrogens with one attached hydrogen (secondary N) is 2. The van der Waals surface area contributed by atoms with Crippen LogP contribution in [0.2, 0.25) is 0 Å². The maximum absolute atomic E-state index is 11.4. The molecule has 0 atom stereocenters. The lowest BCUT2D eigenvalue weighted by Gasteiger charge is -2.10. The van der Waals surface area contributed by atoms with Crippen LogP contribution in [0.5, 0.6) is 0 Å². The van der Waals surface area contributed by atoms with Crippen molar-refractivity contribution >= 4 is 56.6 Å². The Morgan fingerprint density at radius 2 is 1.02 bits per heavy atom. The molecule has 4 aromatic heterocycles. The number of nitrogens with zero attached hydrogens (tertiary/aromatic N) is 9. The van der Waals surface area contributed by atoms with Gasteiger partial charge < -0.3 is 21.0 Å². The van der Waals surface area contributed by atoms with Gasteiger partial charge in [-0.1, -0.05) is 41.6 Å². The number of carbonyl (C=O) groups excluding carboxylic acids is 1. The number of anilines is 4. The van der Waals surface area contributed by atoms with Crippen molar-refractivity contribution in [1.29, 1.82) is 0 Å². The third kappa shape index (κ3) is 8.49. The van der Waals surface area contributed by atoms with Crippen LogP contribution in [-0.4, -0.2) is 60.9 Å². The molecule has 0 spiro atoms. The van der Waals surface area contributed by atoms with Gasteiger partial charge in [0.1, 0.15) is 11.6 Å². The van der Waals surface area contributed by atoms with E-state index in [-0.39, 0.29) is 5.78 Å². The summed E-state index contributed by atoms with van der Waals surface area (Å²) >= 11 is 0. The average molecular weight is 735 g/mol. The van der Waals surface area contributed by atoms with Crippen LogP contribution in [-0.2, 0) is 0 Å². The number of aryl methyl sites for hydroxylation is 2. The van der Waals surface area contributed by atoms with Crippen molar-refractivity contribution in [2.24, 2.45) is 11.1 Å². The first kappa shape index (κ1) is 37.4. The van der Waals surface area contributed by atoms with Crippen LogP contribution in [0.3, 0.4) is 0 Å². The second-order valence-corrected chi connectivity index (χ2v) is 12.1. The van der Waals surface area contributed by atoms with E-state index in [1.807, 2.05) is 108 Å². The Balaban J connectivity index is 0.000000179. The van der Waals surface area contributed by atoms with Crippen molar-refractivity contribution in [3.8, 4) is 11.6 Å². The lowest BCUT2D eigenvalue weighted by molar-refractivity contribution is 0.101. The van der Waals surface area contributed by atoms with Crippen molar-refractivity contribution in [2.75, 3.05) is 10.6 Å². The van der Waals surface area contributed by atoms with Gasteiger partial charge in [0.05, 0.1) is 52.6 Å². The molecule has 0 unspecified atom stereocenters. The molecular weight excluding hydrogens is 697 g/mol. The molecule has 0 aliphatic carbocycles. The van der Waals surface area contributed by atoms with E-state index in [0.29, 0.717) is 34.5 Å². The Labute approximate surface area is 315 Å². The molecule has 0 fully saturated rings. The smallest absolute Gasteiger partial charge is 0.159 e. The fourth-order valence-corrected chi connectivity index (χ4v) is 5.86. The number of para-hydroxylation sites is 4. The van der Waals surface area contributed by atoms with E-state index in [1.54, 1.807) is 50.8 Å². The normalized spacial score (nSPS) is 11.0. The number of fused-ring (bicyclic) bond motifs is 2. The maximum atomic E-state index is 11.4. The van der Waals surface area contributed by atoms with Crippen molar-refractivity contribution in [2.45, 2.75) is 27.7 Å². The number of rotatable bonds is 8. The van der Waals surface area contributed by atoms with Gasteiger partial charge in [-0.15, -0.1) is 0 Å². The Bertz CT molecular complexity index is 2600. The molecular formula is C40H38N12O3. The zero-order valence-electron chi connectivity index (χ0n) is 30.5. The van der Waals surface area contributed by atoms with Gasteiger partial charge >= 0.3 is 0 Å². The van der Waals surface area contributed by atoms with Crippen LogP contribution in [0, 0.1) is 13.8 Å². The van der Waals surface area contributed by atoms with Crippen LogP contribution >= 0.6 is 0 Å². The van der Waals surface area contributed by atoms with E-state index in [4.69, 9.17) is 10.4 Å². The number of aromatic nitrogens is 8. The van der Waals surface area contributed by atoms with Crippen molar-refractivity contribution < 1.29 is 15.2 Å². The highest BCUT2D eigenvalue weighted by molar-refractivity contribution is 5.98. The Morgan fingerprint density at radius 1 is 0.600 bits per heavy atom. The van der Waals surface area contributed by atoms with Crippen LogP contribution < -0.4 is 16.5 Å². The second kappa shape index (κ2) is 17.0. The molecule has 4 aromatic carbocycles. The summed E-state index contributed by atoms with van der Waals surface area (Å²) < 4.78 is 3.96. The van der Waals surface area contributed by atoms with Gasteiger partial charge in [0.15, 0.2) is 29.1 Å². The molecule has 0 amide bonds. The molecule has 15 nitrogen and oxygen atoms in total. The van der Waals surface area contributed by atoms with Crippen LogP contribution in [0.4, 0.5) is 23.0 Å². The van der Waals surface area contributed by atoms with E-state index < -0.39 is 0 Å². The number of oxime groups is 1. The molecule has 0 saturated heterocycles. The molecule has 276 valence electrons. The molecule has 0 aliphatic rings. The van der Waals surface area contributed by atoms with Gasteiger partial charge in [0.25, 0.3) is 0 Å². The number of carbonyl (C=O) groups is 1. The van der Waals surface area contributed by atoms with Crippen LogP contribution in [0.15, 0.2) is 127 Å². The minimum atomic E-state index is 0.0424. The number of imidazole rings is 2. The molecule has 8 aromatic rings. The highest BCUT2D eigenvalue weighted by Gasteiger charge is 2.13. The van der Waals surface area contributed by atoms with E-state index >= 15 is 0 Å². The number of benzene rings is 4. The first-order valence-corrected chi connectivity index (χ1v) is 17.0. The summed E-state index contributed by atoms with van der Waals surface area (Å²) in [6, 6.07) is 30.7. The molecule has 0 bridgehead atoms. The largest absolute Gasteiger partial charge is 0.411 e. The quantitative estimate of drug-likeness (QED) is 0.0446. The number of nitrogens with two attached hydrogens (primary N) is 1. The summed E-state index contributed by atoms with van der Waals surface area (Å²) in [6.07, 6.45) is 6.77. The number of ketones is 1. The Morgan fingerprint density at radius 3 is 1.44 bits per heavy atom.